The predicted octanol–water partition coefficient (Wildman–Crippen LogP) is 13.4. The monoisotopic (exact) mass is 622 g/mol. The van der Waals surface area contributed by atoms with Crippen LogP contribution >= 0.6 is 0 Å². The smallest absolute Gasteiger partial charge is 0.143 e. The molecule has 1 aromatic heterocycles. The Kier molecular flexibility index (Phi) is 5.57. The number of hydrogen-bond donors (Lipinski definition) is 0. The third-order valence-electron chi connectivity index (χ3n) is 11.0. The van der Waals surface area contributed by atoms with Crippen LogP contribution in [-0.4, -0.2) is 0 Å². The number of hydrogen-bond acceptors (Lipinski definition) is 1. The summed E-state index contributed by atoms with van der Waals surface area (Å²) in [5, 5.41) is 10.1. The number of benzene rings is 8. The van der Waals surface area contributed by atoms with Gasteiger partial charge >= 0.3 is 0 Å². The first-order valence-corrected chi connectivity index (χ1v) is 17.2. The van der Waals surface area contributed by atoms with Crippen LogP contribution < -0.4 is 0 Å². The zero-order valence-electron chi connectivity index (χ0n) is 26.7. The van der Waals surface area contributed by atoms with Crippen LogP contribution in [0.5, 0.6) is 0 Å². The summed E-state index contributed by atoms with van der Waals surface area (Å²) in [4.78, 5) is 0. The highest BCUT2D eigenvalue weighted by atomic mass is 16.3. The van der Waals surface area contributed by atoms with Crippen LogP contribution in [0.25, 0.3) is 87.6 Å². The molecular weight excluding hydrogens is 593 g/mol. The number of furan rings is 1. The van der Waals surface area contributed by atoms with Crippen LogP contribution in [0.4, 0.5) is 0 Å². The van der Waals surface area contributed by atoms with Crippen molar-refractivity contribution in [3.63, 3.8) is 0 Å². The Bertz CT molecular complexity index is 2800. The van der Waals surface area contributed by atoms with Gasteiger partial charge in [-0.2, -0.15) is 0 Å². The number of rotatable bonds is 3. The Morgan fingerprint density at radius 1 is 0.367 bits per heavy atom. The third kappa shape index (κ3) is 3.70. The third-order valence-corrected chi connectivity index (χ3v) is 11.0. The molecule has 9 aromatic rings. The zero-order chi connectivity index (χ0) is 32.1. The van der Waals surface area contributed by atoms with Crippen molar-refractivity contribution in [3.8, 4) is 33.4 Å². The topological polar surface area (TPSA) is 13.1 Å². The molecule has 2 atom stereocenters. The van der Waals surface area contributed by atoms with E-state index in [0.29, 0.717) is 11.8 Å². The molecule has 228 valence electrons. The number of allylic oxidation sites excluding steroid dienone is 4. The molecule has 1 nitrogen and oxygen atoms in total. The van der Waals surface area contributed by atoms with Crippen LogP contribution in [0.3, 0.4) is 0 Å². The highest BCUT2D eigenvalue weighted by Gasteiger charge is 2.33. The Morgan fingerprint density at radius 2 is 0.898 bits per heavy atom. The van der Waals surface area contributed by atoms with Crippen LogP contribution in [-0.2, 0) is 0 Å². The molecule has 0 saturated carbocycles. The first-order valence-electron chi connectivity index (χ1n) is 17.2. The number of para-hydroxylation sites is 1. The maximum Gasteiger partial charge on any atom is 0.143 e. The predicted molar refractivity (Wildman–Crippen MR) is 206 cm³/mol. The van der Waals surface area contributed by atoms with E-state index in [2.05, 4.69) is 170 Å². The molecule has 0 radical (unpaired) electrons. The van der Waals surface area contributed by atoms with Gasteiger partial charge in [0.15, 0.2) is 0 Å². The van der Waals surface area contributed by atoms with Crippen LogP contribution in [0.2, 0.25) is 0 Å². The van der Waals surface area contributed by atoms with E-state index < -0.39 is 0 Å². The number of fused-ring (bicyclic) bond motifs is 8. The quantitative estimate of drug-likeness (QED) is 0.179. The summed E-state index contributed by atoms with van der Waals surface area (Å²) < 4.78 is 6.72. The minimum atomic E-state index is 0.404. The molecule has 8 aromatic carbocycles. The Balaban J connectivity index is 1.26. The summed E-state index contributed by atoms with van der Waals surface area (Å²) in [5.74, 6) is 0.807. The van der Waals surface area contributed by atoms with Crippen molar-refractivity contribution in [1.29, 1.82) is 0 Å². The average Bonchev–Trinajstić information content (AvgIpc) is 3.72. The summed E-state index contributed by atoms with van der Waals surface area (Å²) in [7, 11) is 0. The molecule has 0 amide bonds. The molecule has 2 aliphatic carbocycles. The Labute approximate surface area is 284 Å². The maximum atomic E-state index is 6.72. The van der Waals surface area contributed by atoms with Gasteiger partial charge in [0.05, 0.1) is 0 Å². The van der Waals surface area contributed by atoms with Crippen LogP contribution in [0.15, 0.2) is 174 Å². The van der Waals surface area contributed by atoms with Crippen molar-refractivity contribution in [2.24, 2.45) is 0 Å². The highest BCUT2D eigenvalue weighted by Crippen LogP contribution is 2.53. The van der Waals surface area contributed by atoms with E-state index in [1.165, 1.54) is 65.7 Å². The molecule has 0 spiro atoms. The van der Waals surface area contributed by atoms with Gasteiger partial charge in [0.2, 0.25) is 0 Å². The van der Waals surface area contributed by atoms with Gasteiger partial charge in [-0.05, 0) is 83.4 Å². The molecule has 49 heavy (non-hydrogen) atoms. The van der Waals surface area contributed by atoms with Crippen LogP contribution in [0.1, 0.15) is 23.0 Å². The average molecular weight is 623 g/mol. The van der Waals surface area contributed by atoms with E-state index in [0.717, 1.165) is 33.1 Å². The highest BCUT2D eigenvalue weighted by molar-refractivity contribution is 6.28. The van der Waals surface area contributed by atoms with Crippen molar-refractivity contribution in [3.05, 3.63) is 181 Å². The molecule has 0 saturated heterocycles. The Hall–Kier alpha value is -6.18. The maximum absolute atomic E-state index is 6.72. The molecule has 1 heterocycles. The fourth-order valence-corrected chi connectivity index (χ4v) is 9.03. The molecule has 1 heteroatoms. The van der Waals surface area contributed by atoms with Gasteiger partial charge in [-0.3, -0.25) is 0 Å². The van der Waals surface area contributed by atoms with Gasteiger partial charge in [0.25, 0.3) is 0 Å². The standard InChI is InChI=1S/C48H30O/c1-2-13-29(14-3-1)30-25-28-42(47-41-21-10-11-24-43(41)49-48(30)47)46-36-19-8-6-17-34(36)45(35-18-7-9-20-37(35)46)40-27-26-39-32-16-5-4-15-31(32)33-22-12-23-38(40)44(33)39/h1-28,31-32H. The SMILES string of the molecule is C1=CC2c3cccc4c(-c5c6ccccc6c(-c6ccc(-c7ccccc7)c7oc8ccccc8c67)c6ccccc56)ccc(c34)C2C=C1. The molecular formula is C48H30O. The molecule has 11 rings (SSSR count). The van der Waals surface area contributed by atoms with Crippen molar-refractivity contribution in [2.75, 3.05) is 0 Å². The molecule has 0 aliphatic heterocycles. The molecule has 2 aliphatic rings. The van der Waals surface area contributed by atoms with Gasteiger partial charge in [-0.25, -0.2) is 0 Å². The molecule has 0 fully saturated rings. The lowest BCUT2D eigenvalue weighted by molar-refractivity contribution is 0.670. The first kappa shape index (κ1) is 26.8. The van der Waals surface area contributed by atoms with Gasteiger partial charge in [0.1, 0.15) is 11.2 Å². The van der Waals surface area contributed by atoms with Gasteiger partial charge < -0.3 is 4.42 Å². The molecule has 0 N–H and O–H groups in total. The zero-order valence-corrected chi connectivity index (χ0v) is 26.7. The lowest BCUT2D eigenvalue weighted by atomic mass is 9.83. The molecule has 2 unspecified atom stereocenters. The molecule has 0 bridgehead atoms. The summed E-state index contributed by atoms with van der Waals surface area (Å²) in [6, 6.07) is 53.4. The second-order valence-corrected chi connectivity index (χ2v) is 13.5. The lowest BCUT2D eigenvalue weighted by Crippen LogP contribution is -2.01. The van der Waals surface area contributed by atoms with E-state index in [1.807, 2.05) is 0 Å². The van der Waals surface area contributed by atoms with Gasteiger partial charge in [-0.15, -0.1) is 0 Å². The van der Waals surface area contributed by atoms with E-state index >= 15 is 0 Å². The second kappa shape index (κ2) is 10.2. The minimum Gasteiger partial charge on any atom is -0.455 e. The van der Waals surface area contributed by atoms with Crippen molar-refractivity contribution >= 4 is 54.3 Å². The summed E-state index contributed by atoms with van der Waals surface area (Å²) in [5.41, 5.74) is 12.0. The van der Waals surface area contributed by atoms with E-state index in [9.17, 15) is 0 Å². The van der Waals surface area contributed by atoms with Gasteiger partial charge in [0, 0.05) is 28.2 Å². The first-order chi connectivity index (χ1) is 24.3. The van der Waals surface area contributed by atoms with E-state index in [4.69, 9.17) is 4.42 Å². The lowest BCUT2D eigenvalue weighted by Gasteiger charge is -2.20. The van der Waals surface area contributed by atoms with E-state index in [-0.39, 0.29) is 0 Å². The summed E-state index contributed by atoms with van der Waals surface area (Å²) in [6.45, 7) is 0. The van der Waals surface area contributed by atoms with Crippen molar-refractivity contribution < 1.29 is 4.42 Å². The summed E-state index contributed by atoms with van der Waals surface area (Å²) in [6.07, 6.45) is 9.17. The fraction of sp³-hybridized carbons (Fsp3) is 0.0417. The van der Waals surface area contributed by atoms with Crippen LogP contribution in [0, 0.1) is 0 Å². The largest absolute Gasteiger partial charge is 0.455 e. The fourth-order valence-electron chi connectivity index (χ4n) is 9.03. The van der Waals surface area contributed by atoms with E-state index in [1.54, 1.807) is 0 Å². The Morgan fingerprint density at radius 3 is 1.59 bits per heavy atom. The van der Waals surface area contributed by atoms with Crippen molar-refractivity contribution in [2.45, 2.75) is 11.8 Å². The minimum absolute atomic E-state index is 0.404. The second-order valence-electron chi connectivity index (χ2n) is 13.5. The van der Waals surface area contributed by atoms with Crippen molar-refractivity contribution in [1.82, 2.24) is 0 Å². The van der Waals surface area contributed by atoms with Gasteiger partial charge in [-0.1, -0.05) is 158 Å². The normalized spacial score (nSPS) is 16.4. The summed E-state index contributed by atoms with van der Waals surface area (Å²) >= 11 is 0.